The van der Waals surface area contributed by atoms with E-state index in [1.54, 1.807) is 0 Å². The fourth-order valence-electron chi connectivity index (χ4n) is 12.8. The molecule has 0 saturated heterocycles. The molecule has 0 heterocycles. The number of aliphatic hydroxyl groups excluding tert-OH is 1. The number of benzene rings is 1. The topological polar surface area (TPSA) is 60.9 Å². The van der Waals surface area contributed by atoms with Crippen LogP contribution in [0.25, 0.3) is 0 Å². The predicted molar refractivity (Wildman–Crippen MR) is 200 cm³/mol. The molecule has 0 radical (unpaired) electrons. The molecule has 1 aromatic carbocycles. The lowest BCUT2D eigenvalue weighted by atomic mass is 9.33. The highest BCUT2D eigenvalue weighted by Crippen LogP contribution is 2.76. The third-order valence-corrected chi connectivity index (χ3v) is 15.7. The van der Waals surface area contributed by atoms with E-state index in [4.69, 9.17) is 11.6 Å². The third-order valence-electron chi connectivity index (χ3n) is 15.5. The second-order valence-electron chi connectivity index (χ2n) is 18.5. The van der Waals surface area contributed by atoms with Gasteiger partial charge in [-0.05, 0) is 147 Å². The molecule has 0 bridgehead atoms. The molecule has 0 aliphatic heterocycles. The Morgan fingerprint density at radius 1 is 0.959 bits per heavy atom. The fourth-order valence-corrected chi connectivity index (χ4v) is 13.0. The molecule has 1 N–H and O–H groups in total. The van der Waals surface area contributed by atoms with Gasteiger partial charge < -0.3 is 10.0 Å². The minimum atomic E-state index is -0.678. The van der Waals surface area contributed by atoms with Gasteiger partial charge in [-0.15, -0.1) is 0 Å². The molecule has 272 valence electrons. The van der Waals surface area contributed by atoms with Crippen LogP contribution in [0.5, 0.6) is 0 Å². The number of hydrogen-bond donors (Lipinski definition) is 1. The quantitative estimate of drug-likeness (QED) is 0.251. The molecule has 49 heavy (non-hydrogen) atoms. The van der Waals surface area contributed by atoms with Crippen LogP contribution in [0.1, 0.15) is 118 Å². The zero-order valence-electron chi connectivity index (χ0n) is 31.9. The highest BCUT2D eigenvalue weighted by Gasteiger charge is 2.70. The largest absolute Gasteiger partial charge is 0.393 e. The molecule has 1 aromatic rings. The van der Waals surface area contributed by atoms with Crippen molar-refractivity contribution in [2.75, 3.05) is 33.7 Å². The van der Waals surface area contributed by atoms with E-state index in [9.17, 15) is 9.90 Å². The van der Waals surface area contributed by atoms with E-state index in [1.807, 2.05) is 12.1 Å². The maximum Gasteiger partial charge on any atom is 0.160 e. The number of ketones is 2. The lowest BCUT2D eigenvalue weighted by Gasteiger charge is -2.71. The summed E-state index contributed by atoms with van der Waals surface area (Å²) in [6.45, 7) is 17.1. The summed E-state index contributed by atoms with van der Waals surface area (Å²) in [5, 5.41) is 11.9. The molecule has 0 amide bonds. The van der Waals surface area contributed by atoms with Crippen LogP contribution in [0.4, 0.5) is 0 Å². The summed E-state index contributed by atoms with van der Waals surface area (Å²) >= 11 is 6.21. The van der Waals surface area contributed by atoms with E-state index in [1.165, 1.54) is 18.4 Å². The average molecular weight is 693 g/mol. The minimum Gasteiger partial charge on any atom is -0.393 e. The first-order chi connectivity index (χ1) is 23.1. The highest BCUT2D eigenvalue weighted by molar-refractivity contribution is 6.30. The number of rotatable bonds is 11. The van der Waals surface area contributed by atoms with E-state index < -0.39 is 5.41 Å². The number of carbonyl (C=O) groups excluding carboxylic acids is 2. The Morgan fingerprint density at radius 3 is 2.33 bits per heavy atom. The number of nitrogens with zero attached hydrogens (tertiary/aromatic N) is 2. The van der Waals surface area contributed by atoms with Gasteiger partial charge in [0, 0.05) is 31.1 Å². The highest BCUT2D eigenvalue weighted by atomic mass is 35.5. The molecular formula is C43H65ClN2O3. The van der Waals surface area contributed by atoms with Crippen molar-refractivity contribution in [2.45, 2.75) is 125 Å². The van der Waals surface area contributed by atoms with Crippen LogP contribution < -0.4 is 0 Å². The Labute approximate surface area is 302 Å². The van der Waals surface area contributed by atoms with Crippen LogP contribution in [0.3, 0.4) is 0 Å². The average Bonchev–Trinajstić information content (AvgIpc) is 3.36. The van der Waals surface area contributed by atoms with Crippen molar-refractivity contribution in [1.82, 2.24) is 9.80 Å². The first-order valence-corrected chi connectivity index (χ1v) is 20.1. The summed E-state index contributed by atoms with van der Waals surface area (Å²) in [6, 6.07) is 7.98. The standard InChI is InChI=1S/C43H65ClN2O3/c1-9-10-31-32-17-20-42(6)36(40(32,4)19-18-34(31)47)16-15-33-39-38(28(2)3)35(48)25-43(39,22-21-41(33,42)5)37(49)27-46(24-23-45(7)8)26-29-11-13-30(44)14-12-29/h11-14,28,31-34,36,47H,9-10,15-27H2,1-8H3/t31-,32+,33-,34+,36-,40+,41-,42-,43+/m1/s1. The molecule has 0 spiro atoms. The van der Waals surface area contributed by atoms with Gasteiger partial charge in [0.2, 0.25) is 0 Å². The Bertz CT molecular complexity index is 1440. The molecule has 6 heteroatoms. The summed E-state index contributed by atoms with van der Waals surface area (Å²) in [4.78, 5) is 33.7. The van der Waals surface area contributed by atoms with Crippen molar-refractivity contribution in [3.05, 3.63) is 46.0 Å². The van der Waals surface area contributed by atoms with Gasteiger partial charge in [0.15, 0.2) is 11.6 Å². The second kappa shape index (κ2) is 13.8. The summed E-state index contributed by atoms with van der Waals surface area (Å²) in [7, 11) is 4.16. The van der Waals surface area contributed by atoms with Crippen LogP contribution in [0, 0.1) is 51.2 Å². The van der Waals surface area contributed by atoms with Gasteiger partial charge in [-0.2, -0.15) is 0 Å². The summed E-state index contributed by atoms with van der Waals surface area (Å²) < 4.78 is 0. The molecule has 5 aliphatic carbocycles. The maximum absolute atomic E-state index is 15.0. The Hall–Kier alpha value is -1.53. The van der Waals surface area contributed by atoms with E-state index >= 15 is 4.79 Å². The Balaban J connectivity index is 1.34. The number of Topliss-reactive ketones (excluding diaryl/α,β-unsaturated/α-hetero) is 2. The van der Waals surface area contributed by atoms with Crippen molar-refractivity contribution < 1.29 is 14.7 Å². The van der Waals surface area contributed by atoms with Crippen LogP contribution in [0.15, 0.2) is 35.4 Å². The van der Waals surface area contributed by atoms with Gasteiger partial charge in [0.05, 0.1) is 18.1 Å². The van der Waals surface area contributed by atoms with Crippen LogP contribution in [0.2, 0.25) is 5.02 Å². The zero-order chi connectivity index (χ0) is 35.5. The Morgan fingerprint density at radius 2 is 1.67 bits per heavy atom. The van der Waals surface area contributed by atoms with Crippen molar-refractivity contribution in [2.24, 2.45) is 51.2 Å². The molecular weight excluding hydrogens is 628 g/mol. The number of halogens is 1. The Kier molecular flexibility index (Phi) is 10.5. The number of allylic oxidation sites excluding steroid dienone is 2. The maximum atomic E-state index is 15.0. The normalized spacial score (nSPS) is 38.9. The molecule has 6 rings (SSSR count). The zero-order valence-corrected chi connectivity index (χ0v) is 32.7. The van der Waals surface area contributed by atoms with Crippen molar-refractivity contribution in [1.29, 1.82) is 0 Å². The van der Waals surface area contributed by atoms with Crippen LogP contribution in [-0.2, 0) is 16.1 Å². The molecule has 0 unspecified atom stereocenters. The van der Waals surface area contributed by atoms with E-state index in [2.05, 4.69) is 77.6 Å². The second-order valence-corrected chi connectivity index (χ2v) is 18.9. The van der Waals surface area contributed by atoms with E-state index in [-0.39, 0.29) is 45.8 Å². The van der Waals surface area contributed by atoms with Gasteiger partial charge in [0.25, 0.3) is 0 Å². The first kappa shape index (κ1) is 37.2. The predicted octanol–water partition coefficient (Wildman–Crippen LogP) is 9.00. The fraction of sp³-hybridized carbons (Fsp3) is 0.767. The van der Waals surface area contributed by atoms with Gasteiger partial charge in [-0.3, -0.25) is 14.5 Å². The van der Waals surface area contributed by atoms with Gasteiger partial charge in [0.1, 0.15) is 0 Å². The number of likely N-dealkylation sites (N-methyl/N-ethyl adjacent to an activating group) is 1. The number of hydrogen-bond acceptors (Lipinski definition) is 5. The first-order valence-electron chi connectivity index (χ1n) is 19.7. The molecule has 4 fully saturated rings. The summed E-state index contributed by atoms with van der Waals surface area (Å²) in [6.07, 6.45) is 10.9. The number of aliphatic hydroxyl groups is 1. The third kappa shape index (κ3) is 6.13. The van der Waals surface area contributed by atoms with Crippen molar-refractivity contribution in [3.8, 4) is 0 Å². The molecule has 5 nitrogen and oxygen atoms in total. The van der Waals surface area contributed by atoms with Crippen molar-refractivity contribution in [3.63, 3.8) is 0 Å². The minimum absolute atomic E-state index is 0.0397. The molecule has 5 aliphatic rings. The smallest absolute Gasteiger partial charge is 0.160 e. The summed E-state index contributed by atoms with van der Waals surface area (Å²) in [5.74, 6) is 2.48. The van der Waals surface area contributed by atoms with Gasteiger partial charge in [-0.1, -0.05) is 71.7 Å². The van der Waals surface area contributed by atoms with Crippen LogP contribution in [-0.4, -0.2) is 66.3 Å². The molecule has 0 aromatic heterocycles. The molecule has 9 atom stereocenters. The van der Waals surface area contributed by atoms with Crippen LogP contribution >= 0.6 is 11.6 Å². The number of fused-ring (bicyclic) bond motifs is 7. The lowest BCUT2D eigenvalue weighted by Crippen LogP contribution is -2.64. The van der Waals surface area contributed by atoms with E-state index in [0.717, 1.165) is 80.6 Å². The molecule has 4 saturated carbocycles. The summed E-state index contributed by atoms with van der Waals surface area (Å²) in [5.41, 5.74) is 3.15. The van der Waals surface area contributed by atoms with Gasteiger partial charge >= 0.3 is 0 Å². The lowest BCUT2D eigenvalue weighted by molar-refractivity contribution is -0.213. The van der Waals surface area contributed by atoms with E-state index in [0.29, 0.717) is 37.3 Å². The number of carbonyl (C=O) groups is 2. The monoisotopic (exact) mass is 692 g/mol. The van der Waals surface area contributed by atoms with Crippen molar-refractivity contribution >= 4 is 23.2 Å². The van der Waals surface area contributed by atoms with Gasteiger partial charge in [-0.25, -0.2) is 0 Å². The SMILES string of the molecule is CCC[C@H]1[C@@H](O)CC[C@]2(C)[C@H]3CC[C@@H]4C5=C(C(C)C)C(=O)C[C@]5(C(=O)CN(CCN(C)C)Cc5ccc(Cl)cc5)CC[C@@]4(C)[C@]3(C)CC[C@@H]12.